The van der Waals surface area contributed by atoms with Crippen LogP contribution in [0.3, 0.4) is 0 Å². The number of piperazine rings is 1. The molecule has 0 saturated carbocycles. The van der Waals surface area contributed by atoms with Gasteiger partial charge in [0, 0.05) is 45.6 Å². The van der Waals surface area contributed by atoms with E-state index < -0.39 is 0 Å². The predicted octanol–water partition coefficient (Wildman–Crippen LogP) is 1.73. The van der Waals surface area contributed by atoms with Gasteiger partial charge < -0.3 is 19.4 Å². The average Bonchev–Trinajstić information content (AvgIpc) is 3.22. The van der Waals surface area contributed by atoms with Gasteiger partial charge in [-0.3, -0.25) is 14.5 Å². The van der Waals surface area contributed by atoms with Crippen LogP contribution in [0.4, 0.5) is 0 Å². The van der Waals surface area contributed by atoms with E-state index in [2.05, 4.69) is 15.2 Å². The summed E-state index contributed by atoms with van der Waals surface area (Å²) in [5.41, 5.74) is 3.35. The van der Waals surface area contributed by atoms with Gasteiger partial charge in [-0.2, -0.15) is 0 Å². The van der Waals surface area contributed by atoms with Gasteiger partial charge in [-0.1, -0.05) is 18.2 Å². The lowest BCUT2D eigenvalue weighted by molar-refractivity contribution is -0.122. The fraction of sp³-hybridized carbons (Fsp3) is 0.348. The number of rotatable bonds is 6. The molecule has 1 saturated heterocycles. The highest BCUT2D eigenvalue weighted by Gasteiger charge is 2.25. The van der Waals surface area contributed by atoms with Crippen molar-refractivity contribution in [2.24, 2.45) is 0 Å². The van der Waals surface area contributed by atoms with Crippen LogP contribution in [0, 0.1) is 6.92 Å². The summed E-state index contributed by atoms with van der Waals surface area (Å²) in [6, 6.07) is 11.3. The van der Waals surface area contributed by atoms with E-state index in [4.69, 9.17) is 4.74 Å². The number of ether oxygens (including phenoxy) is 1. The standard InChI is InChI=1S/C23H27N5O3/c1-17-6-5-9-28-14-18(25-22(17)28)16-31-20-8-4-3-7-19(20)23(30)27-12-10-26(11-13-27)15-21(29)24-2/h3-9,14H,10-13,15-16H2,1-2H3,(H,24,29). The number of amides is 2. The summed E-state index contributed by atoms with van der Waals surface area (Å²) in [5.74, 6) is 0.482. The van der Waals surface area contributed by atoms with Crippen molar-refractivity contribution >= 4 is 17.5 Å². The van der Waals surface area contributed by atoms with E-state index >= 15 is 0 Å². The molecule has 0 radical (unpaired) electrons. The van der Waals surface area contributed by atoms with Crippen molar-refractivity contribution in [2.75, 3.05) is 39.8 Å². The maximum Gasteiger partial charge on any atom is 0.257 e. The molecule has 8 nitrogen and oxygen atoms in total. The summed E-state index contributed by atoms with van der Waals surface area (Å²) < 4.78 is 7.98. The van der Waals surface area contributed by atoms with E-state index in [1.165, 1.54) is 0 Å². The van der Waals surface area contributed by atoms with E-state index in [-0.39, 0.29) is 18.4 Å². The van der Waals surface area contributed by atoms with Crippen molar-refractivity contribution < 1.29 is 14.3 Å². The molecule has 2 amide bonds. The third-order valence-corrected chi connectivity index (χ3v) is 5.53. The molecule has 3 aromatic rings. The Morgan fingerprint density at radius 1 is 1.10 bits per heavy atom. The van der Waals surface area contributed by atoms with Gasteiger partial charge >= 0.3 is 0 Å². The highest BCUT2D eigenvalue weighted by Crippen LogP contribution is 2.22. The molecule has 1 N–H and O–H groups in total. The number of hydrogen-bond donors (Lipinski definition) is 1. The Balaban J connectivity index is 1.41. The summed E-state index contributed by atoms with van der Waals surface area (Å²) in [6.07, 6.45) is 3.90. The first-order valence-electron chi connectivity index (χ1n) is 10.4. The molecule has 1 aliphatic rings. The van der Waals surface area contributed by atoms with Gasteiger partial charge in [0.1, 0.15) is 18.0 Å². The third kappa shape index (κ3) is 4.69. The van der Waals surface area contributed by atoms with Crippen molar-refractivity contribution in [3.63, 3.8) is 0 Å². The number of para-hydroxylation sites is 1. The summed E-state index contributed by atoms with van der Waals surface area (Å²) in [5, 5.41) is 2.63. The lowest BCUT2D eigenvalue weighted by Gasteiger charge is -2.34. The minimum atomic E-state index is -0.0546. The van der Waals surface area contributed by atoms with Crippen LogP contribution in [-0.2, 0) is 11.4 Å². The number of benzene rings is 1. The molecule has 0 bridgehead atoms. The summed E-state index contributed by atoms with van der Waals surface area (Å²) in [6.45, 7) is 5.16. The van der Waals surface area contributed by atoms with E-state index in [9.17, 15) is 9.59 Å². The van der Waals surface area contributed by atoms with E-state index in [1.54, 1.807) is 13.1 Å². The first-order valence-corrected chi connectivity index (χ1v) is 10.4. The van der Waals surface area contributed by atoms with E-state index in [1.807, 2.05) is 58.9 Å². The SMILES string of the molecule is CNC(=O)CN1CCN(C(=O)c2ccccc2OCc2cn3cccc(C)c3n2)CC1. The Bertz CT molecular complexity index is 1090. The van der Waals surface area contributed by atoms with Crippen LogP contribution in [0.1, 0.15) is 21.6 Å². The molecule has 0 atom stereocenters. The Hall–Kier alpha value is -3.39. The number of carbonyl (C=O) groups is 2. The minimum Gasteiger partial charge on any atom is -0.486 e. The number of fused-ring (bicyclic) bond motifs is 1. The quantitative estimate of drug-likeness (QED) is 0.656. The van der Waals surface area contributed by atoms with Crippen molar-refractivity contribution in [1.29, 1.82) is 0 Å². The molecular formula is C23H27N5O3. The van der Waals surface area contributed by atoms with Gasteiger partial charge in [-0.25, -0.2) is 4.98 Å². The normalized spacial score (nSPS) is 14.6. The molecule has 31 heavy (non-hydrogen) atoms. The van der Waals surface area contributed by atoms with Gasteiger partial charge in [-0.05, 0) is 30.7 Å². The Morgan fingerprint density at radius 2 is 1.87 bits per heavy atom. The van der Waals surface area contributed by atoms with Gasteiger partial charge in [0.25, 0.3) is 5.91 Å². The number of aryl methyl sites for hydroxylation is 1. The van der Waals surface area contributed by atoms with Crippen molar-refractivity contribution in [1.82, 2.24) is 24.5 Å². The molecule has 162 valence electrons. The van der Waals surface area contributed by atoms with E-state index in [0.29, 0.717) is 44.0 Å². The maximum atomic E-state index is 13.1. The van der Waals surface area contributed by atoms with Crippen LogP contribution >= 0.6 is 0 Å². The molecule has 1 aliphatic heterocycles. The molecular weight excluding hydrogens is 394 g/mol. The zero-order valence-corrected chi connectivity index (χ0v) is 17.9. The van der Waals surface area contributed by atoms with Gasteiger partial charge in [0.15, 0.2) is 0 Å². The number of imidazole rings is 1. The molecule has 0 aliphatic carbocycles. The molecule has 0 unspecified atom stereocenters. The van der Waals surface area contributed by atoms with Crippen molar-refractivity contribution in [3.8, 4) is 5.75 Å². The topological polar surface area (TPSA) is 79.2 Å². The summed E-state index contributed by atoms with van der Waals surface area (Å²) >= 11 is 0. The third-order valence-electron chi connectivity index (χ3n) is 5.53. The second-order valence-electron chi connectivity index (χ2n) is 7.68. The van der Waals surface area contributed by atoms with Gasteiger partial charge in [0.2, 0.25) is 5.91 Å². The fourth-order valence-electron chi connectivity index (χ4n) is 3.76. The predicted molar refractivity (Wildman–Crippen MR) is 117 cm³/mol. The van der Waals surface area contributed by atoms with Crippen molar-refractivity contribution in [2.45, 2.75) is 13.5 Å². The molecule has 1 fully saturated rings. The maximum absolute atomic E-state index is 13.1. The molecule has 4 rings (SSSR count). The average molecular weight is 422 g/mol. The van der Waals surface area contributed by atoms with Crippen LogP contribution in [-0.4, -0.2) is 70.8 Å². The highest BCUT2D eigenvalue weighted by molar-refractivity contribution is 5.97. The van der Waals surface area contributed by atoms with Gasteiger partial charge in [-0.15, -0.1) is 0 Å². The summed E-state index contributed by atoms with van der Waals surface area (Å²) in [4.78, 5) is 33.2. The molecule has 8 heteroatoms. The van der Waals surface area contributed by atoms with Crippen LogP contribution in [0.15, 0.2) is 48.8 Å². The van der Waals surface area contributed by atoms with Crippen LogP contribution in [0.5, 0.6) is 5.75 Å². The fourth-order valence-corrected chi connectivity index (χ4v) is 3.76. The second-order valence-corrected chi connectivity index (χ2v) is 7.68. The Morgan fingerprint density at radius 3 is 2.61 bits per heavy atom. The first-order chi connectivity index (χ1) is 15.0. The number of aromatic nitrogens is 2. The zero-order chi connectivity index (χ0) is 21.8. The number of nitrogens with zero attached hydrogens (tertiary/aromatic N) is 4. The minimum absolute atomic E-state index is 0.0133. The lowest BCUT2D eigenvalue weighted by Crippen LogP contribution is -2.50. The highest BCUT2D eigenvalue weighted by atomic mass is 16.5. The number of carbonyl (C=O) groups excluding carboxylic acids is 2. The Kier molecular flexibility index (Phi) is 6.18. The monoisotopic (exact) mass is 421 g/mol. The smallest absolute Gasteiger partial charge is 0.257 e. The number of pyridine rings is 1. The van der Waals surface area contributed by atoms with E-state index in [0.717, 1.165) is 16.9 Å². The second kappa shape index (κ2) is 9.18. The largest absolute Gasteiger partial charge is 0.486 e. The number of nitrogens with one attached hydrogen (secondary N) is 1. The number of likely N-dealkylation sites (N-methyl/N-ethyl adjacent to an activating group) is 1. The first kappa shape index (κ1) is 20.9. The molecule has 3 heterocycles. The molecule has 1 aromatic carbocycles. The van der Waals surface area contributed by atoms with Crippen LogP contribution in [0.25, 0.3) is 5.65 Å². The van der Waals surface area contributed by atoms with Crippen LogP contribution < -0.4 is 10.1 Å². The zero-order valence-electron chi connectivity index (χ0n) is 17.9. The number of hydrogen-bond acceptors (Lipinski definition) is 5. The molecule has 0 spiro atoms. The summed E-state index contributed by atoms with van der Waals surface area (Å²) in [7, 11) is 1.63. The van der Waals surface area contributed by atoms with Gasteiger partial charge in [0.05, 0.1) is 17.8 Å². The van der Waals surface area contributed by atoms with Crippen molar-refractivity contribution in [3.05, 3.63) is 65.6 Å². The Labute approximate surface area is 181 Å². The van der Waals surface area contributed by atoms with Crippen LogP contribution in [0.2, 0.25) is 0 Å². The molecule has 2 aromatic heterocycles. The lowest BCUT2D eigenvalue weighted by atomic mass is 10.1.